The van der Waals surface area contributed by atoms with Crippen LogP contribution < -0.4 is 10.0 Å². The minimum atomic E-state index is -4.04. The zero-order valence-electron chi connectivity index (χ0n) is 16.5. The first-order valence-electron chi connectivity index (χ1n) is 9.78. The van der Waals surface area contributed by atoms with Crippen molar-refractivity contribution in [2.24, 2.45) is 0 Å². The third kappa shape index (κ3) is 3.66. The monoisotopic (exact) mass is 505 g/mol. The van der Waals surface area contributed by atoms with Gasteiger partial charge in [-0.15, -0.1) is 22.9 Å². The number of rotatable bonds is 5. The van der Waals surface area contributed by atoms with Gasteiger partial charge in [-0.1, -0.05) is 29.8 Å². The van der Waals surface area contributed by atoms with Crippen molar-refractivity contribution in [2.45, 2.75) is 21.5 Å². The fourth-order valence-corrected chi connectivity index (χ4v) is 7.53. The van der Waals surface area contributed by atoms with Crippen molar-refractivity contribution in [1.29, 1.82) is 0 Å². The molecular weight excluding hydrogens is 489 g/mol. The average molecular weight is 506 g/mol. The molecule has 32 heavy (non-hydrogen) atoms. The zero-order valence-corrected chi connectivity index (χ0v) is 19.7. The first-order chi connectivity index (χ1) is 15.3. The molecule has 0 spiro atoms. The van der Waals surface area contributed by atoms with Crippen molar-refractivity contribution in [3.8, 4) is 0 Å². The van der Waals surface area contributed by atoms with Gasteiger partial charge in [0.1, 0.15) is 9.75 Å². The lowest BCUT2D eigenvalue weighted by Gasteiger charge is -2.32. The Kier molecular flexibility index (Phi) is 5.38. The van der Waals surface area contributed by atoms with E-state index in [1.165, 1.54) is 0 Å². The summed E-state index contributed by atoms with van der Waals surface area (Å²) >= 11 is 14.0. The number of pyridine rings is 1. The van der Waals surface area contributed by atoms with Crippen LogP contribution in [-0.2, 0) is 14.8 Å². The maximum absolute atomic E-state index is 13.4. The molecule has 1 amide bonds. The Morgan fingerprint density at radius 2 is 1.91 bits per heavy atom. The second-order valence-electron chi connectivity index (χ2n) is 7.68. The molecule has 2 aromatic carbocycles. The molecule has 3 heterocycles. The molecule has 1 aliphatic heterocycles. The second kappa shape index (κ2) is 7.97. The SMILES string of the molecule is O=C1NCC[C@@]1(NS(=O)(=O)c1cc2ccc(Cl)cc2s1)C(Cl)c1ccc2ccncc2c1. The molecule has 2 atom stereocenters. The summed E-state index contributed by atoms with van der Waals surface area (Å²) in [7, 11) is -4.04. The second-order valence-corrected chi connectivity index (χ2v) is 11.5. The van der Waals surface area contributed by atoms with Crippen molar-refractivity contribution >= 4 is 71.3 Å². The van der Waals surface area contributed by atoms with Crippen LogP contribution in [0.2, 0.25) is 5.02 Å². The van der Waals surface area contributed by atoms with Crippen LogP contribution in [0.4, 0.5) is 0 Å². The molecule has 1 fully saturated rings. The topological polar surface area (TPSA) is 88.2 Å². The van der Waals surface area contributed by atoms with Crippen molar-refractivity contribution in [2.75, 3.05) is 6.54 Å². The fourth-order valence-electron chi connectivity index (χ4n) is 3.98. The number of sulfonamides is 1. The molecule has 164 valence electrons. The van der Waals surface area contributed by atoms with Crippen molar-refractivity contribution in [3.05, 3.63) is 71.5 Å². The third-order valence-electron chi connectivity index (χ3n) is 5.64. The lowest BCUT2D eigenvalue weighted by Crippen LogP contribution is -2.56. The highest BCUT2D eigenvalue weighted by molar-refractivity contribution is 7.91. The van der Waals surface area contributed by atoms with E-state index in [2.05, 4.69) is 15.0 Å². The molecule has 4 aromatic rings. The smallest absolute Gasteiger partial charge is 0.251 e. The molecule has 10 heteroatoms. The molecular formula is C22H17Cl2N3O3S2. The zero-order chi connectivity index (χ0) is 22.5. The molecule has 6 nitrogen and oxygen atoms in total. The van der Waals surface area contributed by atoms with Crippen LogP contribution >= 0.6 is 34.5 Å². The van der Waals surface area contributed by atoms with E-state index in [1.54, 1.807) is 36.7 Å². The summed E-state index contributed by atoms with van der Waals surface area (Å²) in [5, 5.41) is 4.92. The Balaban J connectivity index is 1.55. The number of carbonyl (C=O) groups is 1. The average Bonchev–Trinajstić information content (AvgIpc) is 3.37. The highest BCUT2D eigenvalue weighted by atomic mass is 35.5. The van der Waals surface area contributed by atoms with Gasteiger partial charge in [0.2, 0.25) is 5.91 Å². The lowest BCUT2D eigenvalue weighted by molar-refractivity contribution is -0.124. The van der Waals surface area contributed by atoms with Crippen LogP contribution in [0, 0.1) is 0 Å². The first-order valence-corrected chi connectivity index (χ1v) is 12.9. The van der Waals surface area contributed by atoms with Crippen molar-refractivity contribution < 1.29 is 13.2 Å². The Bertz CT molecular complexity index is 1470. The van der Waals surface area contributed by atoms with Crippen LogP contribution in [-0.4, -0.2) is 31.4 Å². The van der Waals surface area contributed by atoms with Gasteiger partial charge in [-0.3, -0.25) is 9.78 Å². The Labute approximate surface area is 198 Å². The number of thiophene rings is 1. The number of fused-ring (bicyclic) bond motifs is 2. The minimum absolute atomic E-state index is 0.0976. The number of aromatic nitrogens is 1. The minimum Gasteiger partial charge on any atom is -0.354 e. The number of alkyl halides is 1. The van der Waals surface area contributed by atoms with E-state index in [0.717, 1.165) is 32.2 Å². The van der Waals surface area contributed by atoms with Crippen LogP contribution in [0.1, 0.15) is 17.4 Å². The summed E-state index contributed by atoms with van der Waals surface area (Å²) in [6, 6.07) is 14.2. The van der Waals surface area contributed by atoms with Gasteiger partial charge >= 0.3 is 0 Å². The predicted octanol–water partition coefficient (Wildman–Crippen LogP) is 4.62. The Morgan fingerprint density at radius 3 is 2.69 bits per heavy atom. The predicted molar refractivity (Wildman–Crippen MR) is 128 cm³/mol. The van der Waals surface area contributed by atoms with Crippen LogP contribution in [0.3, 0.4) is 0 Å². The summed E-state index contributed by atoms with van der Waals surface area (Å²) in [4.78, 5) is 17.1. The van der Waals surface area contributed by atoms with Crippen molar-refractivity contribution in [1.82, 2.24) is 15.0 Å². The van der Waals surface area contributed by atoms with E-state index in [9.17, 15) is 13.2 Å². The quantitative estimate of drug-likeness (QED) is 0.387. The molecule has 1 saturated heterocycles. The highest BCUT2D eigenvalue weighted by Crippen LogP contribution is 2.40. The van der Waals surface area contributed by atoms with E-state index in [1.807, 2.05) is 24.3 Å². The molecule has 0 radical (unpaired) electrons. The molecule has 2 aromatic heterocycles. The Morgan fingerprint density at radius 1 is 1.09 bits per heavy atom. The number of amides is 1. The summed E-state index contributed by atoms with van der Waals surface area (Å²) in [6.07, 6.45) is 3.62. The molecule has 1 unspecified atom stereocenters. The number of benzene rings is 2. The van der Waals surface area contributed by atoms with Gasteiger partial charge in [0.05, 0.1) is 5.38 Å². The number of hydrogen-bond acceptors (Lipinski definition) is 5. The normalized spacial score (nSPS) is 20.0. The fraction of sp³-hybridized carbons (Fsp3) is 0.182. The van der Waals surface area contributed by atoms with Gasteiger partial charge in [0.15, 0.2) is 0 Å². The van der Waals surface area contributed by atoms with E-state index in [0.29, 0.717) is 17.1 Å². The largest absolute Gasteiger partial charge is 0.354 e. The molecule has 0 bridgehead atoms. The lowest BCUT2D eigenvalue weighted by atomic mass is 9.89. The van der Waals surface area contributed by atoms with Crippen molar-refractivity contribution in [3.63, 3.8) is 0 Å². The summed E-state index contributed by atoms with van der Waals surface area (Å²) in [5.41, 5.74) is -0.889. The van der Waals surface area contributed by atoms with Crippen LogP contribution in [0.15, 0.2) is 65.1 Å². The van der Waals surface area contributed by atoms with Gasteiger partial charge in [-0.25, -0.2) is 8.42 Å². The number of carbonyl (C=O) groups excluding carboxylic acids is 1. The van der Waals surface area contributed by atoms with Crippen LogP contribution in [0.5, 0.6) is 0 Å². The molecule has 0 aliphatic carbocycles. The van der Waals surface area contributed by atoms with Gasteiger partial charge < -0.3 is 5.32 Å². The first kappa shape index (κ1) is 21.6. The van der Waals surface area contributed by atoms with Gasteiger partial charge in [0.25, 0.3) is 10.0 Å². The van der Waals surface area contributed by atoms with E-state index in [4.69, 9.17) is 23.2 Å². The number of nitrogens with zero attached hydrogens (tertiary/aromatic N) is 1. The molecule has 1 aliphatic rings. The molecule has 0 saturated carbocycles. The van der Waals surface area contributed by atoms with E-state index in [-0.39, 0.29) is 10.6 Å². The summed E-state index contributed by atoms with van der Waals surface area (Å²) in [5.74, 6) is -0.448. The van der Waals surface area contributed by atoms with E-state index >= 15 is 0 Å². The molecule has 2 N–H and O–H groups in total. The maximum atomic E-state index is 13.4. The number of hydrogen-bond donors (Lipinski definition) is 2. The van der Waals surface area contributed by atoms with E-state index < -0.39 is 26.8 Å². The Hall–Kier alpha value is -2.23. The third-order valence-corrected chi connectivity index (χ3v) is 9.58. The number of halogens is 2. The number of nitrogens with one attached hydrogen (secondary N) is 2. The van der Waals surface area contributed by atoms with Crippen LogP contribution in [0.25, 0.3) is 20.9 Å². The van der Waals surface area contributed by atoms with Gasteiger partial charge in [-0.05, 0) is 53.1 Å². The van der Waals surface area contributed by atoms with Gasteiger partial charge in [-0.2, -0.15) is 4.72 Å². The summed E-state index contributed by atoms with van der Waals surface area (Å²) in [6.45, 7) is 0.321. The maximum Gasteiger partial charge on any atom is 0.251 e. The summed E-state index contributed by atoms with van der Waals surface area (Å²) < 4.78 is 30.2. The highest BCUT2D eigenvalue weighted by Gasteiger charge is 2.51. The van der Waals surface area contributed by atoms with Gasteiger partial charge in [0, 0.05) is 34.0 Å². The molecule has 5 rings (SSSR count). The standard InChI is InChI=1S/C22H17Cl2N3O3S2/c23-17-4-3-14-10-19(31-18(14)11-17)32(29,30)27-22(6-8-26-21(22)28)20(24)15-2-1-13-5-7-25-12-16(13)9-15/h1-5,7,9-12,20,27H,6,8H2,(H,26,28)/t20?,22-/m1/s1.